The zero-order valence-electron chi connectivity index (χ0n) is 14.5. The Morgan fingerprint density at radius 1 is 1.08 bits per heavy atom. The molecule has 1 aromatic heterocycles. The van der Waals surface area contributed by atoms with Gasteiger partial charge in [0.2, 0.25) is 0 Å². The second-order valence-corrected chi connectivity index (χ2v) is 6.76. The van der Waals surface area contributed by atoms with E-state index in [0.717, 1.165) is 22.9 Å². The van der Waals surface area contributed by atoms with Gasteiger partial charge in [0, 0.05) is 29.4 Å². The molecule has 3 nitrogen and oxygen atoms in total. The molecule has 3 heteroatoms. The number of esters is 1. The maximum absolute atomic E-state index is 12.6. The number of fused-ring (bicyclic) bond motifs is 3. The molecule has 0 aliphatic carbocycles. The number of carbonyl (C=O) groups excluding carboxylic acids is 1. The lowest BCUT2D eigenvalue weighted by Crippen LogP contribution is -2.08. The number of para-hydroxylation sites is 1. The molecule has 2 aromatic carbocycles. The van der Waals surface area contributed by atoms with E-state index in [1.165, 1.54) is 11.1 Å². The Bertz CT molecular complexity index is 962. The van der Waals surface area contributed by atoms with Crippen molar-refractivity contribution in [1.82, 2.24) is 4.57 Å². The Kier molecular flexibility index (Phi) is 3.92. The van der Waals surface area contributed by atoms with Gasteiger partial charge in [0.25, 0.3) is 0 Å². The number of aromatic nitrogens is 1. The summed E-state index contributed by atoms with van der Waals surface area (Å²) in [6, 6.07) is 18.4. The maximum Gasteiger partial charge on any atom is 0.356 e. The second kappa shape index (κ2) is 6.25. The minimum Gasteiger partial charge on any atom is -0.452 e. The predicted octanol–water partition coefficient (Wildman–Crippen LogP) is 5.26. The summed E-state index contributed by atoms with van der Waals surface area (Å²) in [6.07, 6.45) is 2.66. The molecule has 0 saturated carbocycles. The summed E-state index contributed by atoms with van der Waals surface area (Å²) < 4.78 is 7.81. The van der Waals surface area contributed by atoms with Gasteiger partial charge in [-0.3, -0.25) is 0 Å². The molecule has 0 radical (unpaired) electrons. The number of ether oxygens (including phenoxy) is 1. The van der Waals surface area contributed by atoms with E-state index in [0.29, 0.717) is 12.2 Å². The number of allylic oxidation sites excluding steroid dienone is 1. The van der Waals surface area contributed by atoms with Gasteiger partial charge in [0.15, 0.2) is 0 Å². The van der Waals surface area contributed by atoms with E-state index in [1.807, 2.05) is 30.3 Å². The van der Waals surface area contributed by atoms with Crippen LogP contribution < -0.4 is 0 Å². The molecule has 0 spiro atoms. The largest absolute Gasteiger partial charge is 0.452 e. The van der Waals surface area contributed by atoms with Crippen molar-refractivity contribution in [3.63, 3.8) is 0 Å². The molecule has 0 amide bonds. The van der Waals surface area contributed by atoms with Gasteiger partial charge in [-0.2, -0.15) is 0 Å². The SMILES string of the molecule is CC(C)=CCC1OC(=O)c2c1c1ccccc1n2Cc1ccccc1. The summed E-state index contributed by atoms with van der Waals surface area (Å²) in [5.41, 5.74) is 5.24. The molecule has 1 aliphatic heterocycles. The van der Waals surface area contributed by atoms with E-state index in [1.54, 1.807) is 0 Å². The molecule has 1 unspecified atom stereocenters. The van der Waals surface area contributed by atoms with Gasteiger partial charge in [-0.15, -0.1) is 0 Å². The number of nitrogens with zero attached hydrogens (tertiary/aromatic N) is 1. The second-order valence-electron chi connectivity index (χ2n) is 6.76. The van der Waals surface area contributed by atoms with Crippen molar-refractivity contribution >= 4 is 16.9 Å². The van der Waals surface area contributed by atoms with Crippen LogP contribution in [-0.2, 0) is 11.3 Å². The normalized spacial score (nSPS) is 15.9. The highest BCUT2D eigenvalue weighted by Crippen LogP contribution is 2.41. The maximum atomic E-state index is 12.6. The molecule has 1 aliphatic rings. The van der Waals surface area contributed by atoms with E-state index >= 15 is 0 Å². The van der Waals surface area contributed by atoms with Crippen LogP contribution in [0.3, 0.4) is 0 Å². The summed E-state index contributed by atoms with van der Waals surface area (Å²) in [5, 5.41) is 1.12. The molecule has 4 rings (SSSR count). The summed E-state index contributed by atoms with van der Waals surface area (Å²) in [6.45, 7) is 4.80. The Balaban J connectivity index is 1.86. The van der Waals surface area contributed by atoms with Crippen LogP contribution in [0.15, 0.2) is 66.2 Å². The van der Waals surface area contributed by atoms with Gasteiger partial charge in [-0.25, -0.2) is 4.79 Å². The fourth-order valence-electron chi connectivity index (χ4n) is 3.56. The average molecular weight is 331 g/mol. The van der Waals surface area contributed by atoms with Gasteiger partial charge in [-0.1, -0.05) is 60.2 Å². The number of cyclic esters (lactones) is 1. The average Bonchev–Trinajstić information content (AvgIpc) is 3.11. The predicted molar refractivity (Wildman–Crippen MR) is 99.7 cm³/mol. The summed E-state index contributed by atoms with van der Waals surface area (Å²) in [5.74, 6) is -0.214. The van der Waals surface area contributed by atoms with Gasteiger partial charge in [0.05, 0.1) is 0 Å². The van der Waals surface area contributed by atoms with Crippen LogP contribution in [0.2, 0.25) is 0 Å². The number of benzene rings is 2. The third kappa shape index (κ3) is 2.76. The fourth-order valence-corrected chi connectivity index (χ4v) is 3.56. The number of rotatable bonds is 4. The molecule has 2 heterocycles. The van der Waals surface area contributed by atoms with E-state index in [-0.39, 0.29) is 12.1 Å². The van der Waals surface area contributed by atoms with Gasteiger partial charge in [0.1, 0.15) is 11.8 Å². The van der Waals surface area contributed by atoms with Crippen molar-refractivity contribution in [1.29, 1.82) is 0 Å². The van der Waals surface area contributed by atoms with Crippen LogP contribution in [0, 0.1) is 0 Å². The zero-order valence-corrected chi connectivity index (χ0v) is 14.5. The Morgan fingerprint density at radius 2 is 1.80 bits per heavy atom. The monoisotopic (exact) mass is 331 g/mol. The van der Waals surface area contributed by atoms with Gasteiger partial charge >= 0.3 is 5.97 Å². The molecular weight excluding hydrogens is 310 g/mol. The highest BCUT2D eigenvalue weighted by Gasteiger charge is 2.36. The third-order valence-corrected chi connectivity index (χ3v) is 4.70. The number of hydrogen-bond donors (Lipinski definition) is 0. The first-order valence-electron chi connectivity index (χ1n) is 8.64. The lowest BCUT2D eigenvalue weighted by Gasteiger charge is -2.10. The van der Waals surface area contributed by atoms with Crippen LogP contribution >= 0.6 is 0 Å². The number of hydrogen-bond acceptors (Lipinski definition) is 2. The van der Waals surface area contributed by atoms with Crippen LogP contribution in [0.4, 0.5) is 0 Å². The van der Waals surface area contributed by atoms with Gasteiger partial charge in [-0.05, 0) is 25.5 Å². The Labute approximate surface area is 147 Å². The Morgan fingerprint density at radius 3 is 2.56 bits per heavy atom. The van der Waals surface area contributed by atoms with Gasteiger partial charge < -0.3 is 9.30 Å². The molecule has 0 saturated heterocycles. The quantitative estimate of drug-likeness (QED) is 0.482. The molecule has 25 heavy (non-hydrogen) atoms. The molecule has 0 fully saturated rings. The van der Waals surface area contributed by atoms with E-state index < -0.39 is 0 Å². The van der Waals surface area contributed by atoms with Crippen LogP contribution in [-0.4, -0.2) is 10.5 Å². The van der Waals surface area contributed by atoms with Crippen molar-refractivity contribution in [3.05, 3.63) is 83.1 Å². The first kappa shape index (κ1) is 15.7. The summed E-state index contributed by atoms with van der Waals surface area (Å²) in [4.78, 5) is 12.6. The van der Waals surface area contributed by atoms with E-state index in [2.05, 4.69) is 48.8 Å². The van der Waals surface area contributed by atoms with Crippen molar-refractivity contribution in [2.24, 2.45) is 0 Å². The third-order valence-electron chi connectivity index (χ3n) is 4.70. The van der Waals surface area contributed by atoms with Crippen molar-refractivity contribution in [2.75, 3.05) is 0 Å². The van der Waals surface area contributed by atoms with E-state index in [4.69, 9.17) is 4.74 Å². The lowest BCUT2D eigenvalue weighted by atomic mass is 10.0. The Hall–Kier alpha value is -2.81. The van der Waals surface area contributed by atoms with Crippen molar-refractivity contribution < 1.29 is 9.53 Å². The molecule has 126 valence electrons. The standard InChI is InChI=1S/C22H21NO2/c1-15(2)12-13-19-20-17-10-6-7-11-18(17)23(21(20)22(24)25-19)14-16-8-4-3-5-9-16/h3-12,19H,13-14H2,1-2H3. The highest BCUT2D eigenvalue weighted by atomic mass is 16.5. The first-order chi connectivity index (χ1) is 12.1. The number of carbonyl (C=O) groups is 1. The van der Waals surface area contributed by atoms with Crippen LogP contribution in [0.25, 0.3) is 10.9 Å². The minimum atomic E-state index is -0.214. The smallest absolute Gasteiger partial charge is 0.356 e. The molecule has 0 N–H and O–H groups in total. The van der Waals surface area contributed by atoms with Crippen LogP contribution in [0.1, 0.15) is 48.0 Å². The molecule has 0 bridgehead atoms. The zero-order chi connectivity index (χ0) is 17.4. The van der Waals surface area contributed by atoms with Crippen molar-refractivity contribution in [2.45, 2.75) is 32.9 Å². The van der Waals surface area contributed by atoms with E-state index in [9.17, 15) is 4.79 Å². The molecular formula is C22H21NO2. The summed E-state index contributed by atoms with van der Waals surface area (Å²) >= 11 is 0. The molecule has 3 aromatic rings. The first-order valence-corrected chi connectivity index (χ1v) is 8.64. The van der Waals surface area contributed by atoms with Crippen molar-refractivity contribution in [3.8, 4) is 0 Å². The molecule has 1 atom stereocenters. The lowest BCUT2D eigenvalue weighted by molar-refractivity contribution is 0.0385. The highest BCUT2D eigenvalue weighted by molar-refractivity contribution is 6.02. The van der Waals surface area contributed by atoms with Crippen LogP contribution in [0.5, 0.6) is 0 Å². The fraction of sp³-hybridized carbons (Fsp3) is 0.227. The minimum absolute atomic E-state index is 0.195. The topological polar surface area (TPSA) is 31.2 Å². The summed E-state index contributed by atoms with van der Waals surface area (Å²) in [7, 11) is 0.